The van der Waals surface area contributed by atoms with Crippen LogP contribution in [0.3, 0.4) is 0 Å². The summed E-state index contributed by atoms with van der Waals surface area (Å²) in [5.74, 6) is 0.0887. The second-order valence-electron chi connectivity index (χ2n) is 2.86. The van der Waals surface area contributed by atoms with E-state index in [0.717, 1.165) is 0 Å². The average Bonchev–Trinajstić information content (AvgIpc) is 2.15. The summed E-state index contributed by atoms with van der Waals surface area (Å²) < 4.78 is 40.0. The van der Waals surface area contributed by atoms with Crippen LogP contribution in [0.5, 0.6) is 5.75 Å². The average molecular weight is 218 g/mol. The van der Waals surface area contributed by atoms with Crippen LogP contribution in [0.25, 0.3) is 0 Å². The molecule has 1 N–H and O–H groups in total. The number of nitrogens with one attached hydrogen (secondary N) is 1. The molecule has 0 fully saturated rings. The molecule has 0 atom stereocenters. The van der Waals surface area contributed by atoms with Crippen molar-refractivity contribution in [1.29, 1.82) is 0 Å². The van der Waals surface area contributed by atoms with Gasteiger partial charge in [0.15, 0.2) is 6.61 Å². The van der Waals surface area contributed by atoms with E-state index in [1.807, 2.05) is 6.92 Å². The zero-order valence-corrected chi connectivity index (χ0v) is 8.19. The maximum Gasteiger partial charge on any atom is 0.422 e. The fourth-order valence-corrected chi connectivity index (χ4v) is 0.985. The smallest absolute Gasteiger partial charge is 0.422 e. The van der Waals surface area contributed by atoms with Crippen molar-refractivity contribution in [1.82, 2.24) is 0 Å². The number of alkyl halides is 3. The summed E-state index contributed by atoms with van der Waals surface area (Å²) in [5, 5.41) is 2.93. The van der Waals surface area contributed by atoms with Crippen LogP contribution >= 0.6 is 0 Å². The third kappa shape index (κ3) is 4.58. The molecule has 0 spiro atoms. The highest BCUT2D eigenvalue weighted by atomic mass is 19.4. The van der Waals surface area contributed by atoms with E-state index in [4.69, 9.17) is 0 Å². The third-order valence-electron chi connectivity index (χ3n) is 1.53. The van der Waals surface area contributed by atoms with Gasteiger partial charge in [-0.3, -0.25) is 0 Å². The highest BCUT2D eigenvalue weighted by Crippen LogP contribution is 2.20. The lowest BCUT2D eigenvalue weighted by atomic mass is 10.3. The Hall–Kier alpha value is -1.39. The molecule has 0 saturated carbocycles. The summed E-state index contributed by atoms with van der Waals surface area (Å²) in [4.78, 5) is 0. The maximum absolute atomic E-state index is 11.8. The van der Waals surface area contributed by atoms with Crippen molar-refractivity contribution in [2.45, 2.75) is 13.1 Å². The number of anilines is 1. The quantitative estimate of drug-likeness (QED) is 0.839. The number of hydrogen-bond acceptors (Lipinski definition) is 2. The minimum absolute atomic E-state index is 0.0887. The Morgan fingerprint density at radius 3 is 2.73 bits per heavy atom. The van der Waals surface area contributed by atoms with Crippen molar-refractivity contribution in [3.8, 4) is 5.75 Å². The topological polar surface area (TPSA) is 21.3 Å². The largest absolute Gasteiger partial charge is 0.483 e. The lowest BCUT2D eigenvalue weighted by molar-refractivity contribution is -0.153. The summed E-state index contributed by atoms with van der Waals surface area (Å²) in [5.41, 5.74) is 0.622. The van der Waals surface area contributed by atoms with Crippen molar-refractivity contribution in [3.05, 3.63) is 24.3 Å². The lowest BCUT2D eigenvalue weighted by Crippen LogP contribution is -2.19. The molecule has 1 aromatic carbocycles. The van der Waals surface area contributed by atoms with Crippen LogP contribution in [-0.2, 0) is 0 Å². The number of ether oxygens (including phenoxy) is 1. The first kappa shape index (κ1) is 11.7. The molecule has 0 aliphatic rings. The first-order valence-corrected chi connectivity index (χ1v) is 4.47. The predicted octanol–water partition coefficient (Wildman–Crippen LogP) is 2.86. The third-order valence-corrected chi connectivity index (χ3v) is 1.53. The summed E-state index contributed by atoms with van der Waals surface area (Å²) in [7, 11) is 0. The van der Waals surface area contributed by atoms with Gasteiger partial charge in [0.05, 0.1) is 6.07 Å². The van der Waals surface area contributed by atoms with E-state index in [0.29, 0.717) is 12.2 Å². The van der Waals surface area contributed by atoms with Crippen molar-refractivity contribution >= 4 is 5.69 Å². The molecule has 0 bridgehead atoms. The molecule has 0 unspecified atom stereocenters. The Bertz CT molecular complexity index is 312. The van der Waals surface area contributed by atoms with E-state index in [2.05, 4.69) is 16.1 Å². The van der Waals surface area contributed by atoms with Crippen LogP contribution in [0.2, 0.25) is 0 Å². The van der Waals surface area contributed by atoms with Crippen molar-refractivity contribution < 1.29 is 17.9 Å². The van der Waals surface area contributed by atoms with Gasteiger partial charge >= 0.3 is 6.18 Å². The Morgan fingerprint density at radius 2 is 2.13 bits per heavy atom. The normalized spacial score (nSPS) is 11.2. The number of benzene rings is 1. The number of rotatable bonds is 4. The molecule has 2 nitrogen and oxygen atoms in total. The first-order chi connectivity index (χ1) is 7.01. The molecule has 83 valence electrons. The monoisotopic (exact) mass is 218 g/mol. The Balaban J connectivity index is 2.57. The molecule has 0 aliphatic heterocycles. The maximum atomic E-state index is 11.8. The molecule has 15 heavy (non-hydrogen) atoms. The summed E-state index contributed by atoms with van der Waals surface area (Å²) in [6.45, 7) is 1.27. The highest BCUT2D eigenvalue weighted by Gasteiger charge is 2.28. The van der Waals surface area contributed by atoms with E-state index >= 15 is 0 Å². The molecule has 0 heterocycles. The van der Waals surface area contributed by atoms with E-state index in [1.54, 1.807) is 12.1 Å². The Labute approximate surface area is 86.1 Å². The van der Waals surface area contributed by atoms with Crippen LogP contribution in [-0.4, -0.2) is 19.3 Å². The Morgan fingerprint density at radius 1 is 1.40 bits per heavy atom. The number of halogens is 3. The minimum atomic E-state index is -4.32. The zero-order valence-electron chi connectivity index (χ0n) is 8.19. The van der Waals surface area contributed by atoms with Crippen LogP contribution in [0.1, 0.15) is 6.92 Å². The minimum Gasteiger partial charge on any atom is -0.483 e. The molecule has 1 radical (unpaired) electrons. The lowest BCUT2D eigenvalue weighted by Gasteiger charge is -2.10. The standard InChI is InChI=1S/C10H11F3NO/c1-2-14-8-4-3-5-9(6-8)15-7-10(11,12)13/h3-5,14H,2,7H2,1H3. The molecule has 0 aliphatic carbocycles. The van der Waals surface area contributed by atoms with E-state index in [9.17, 15) is 13.2 Å². The van der Waals surface area contributed by atoms with Gasteiger partial charge in [0, 0.05) is 12.2 Å². The molecular weight excluding hydrogens is 207 g/mol. The molecular formula is C10H11F3NO. The molecule has 0 saturated heterocycles. The van der Waals surface area contributed by atoms with Gasteiger partial charge in [-0.15, -0.1) is 0 Å². The van der Waals surface area contributed by atoms with E-state index < -0.39 is 12.8 Å². The zero-order chi connectivity index (χ0) is 11.3. The van der Waals surface area contributed by atoms with Crippen molar-refractivity contribution in [2.24, 2.45) is 0 Å². The number of hydrogen-bond donors (Lipinski definition) is 1. The van der Waals surface area contributed by atoms with Crippen molar-refractivity contribution in [3.63, 3.8) is 0 Å². The summed E-state index contributed by atoms with van der Waals surface area (Å²) in [6, 6.07) is 7.45. The SMILES string of the molecule is CCNc1[c]c(OCC(F)(F)F)ccc1. The van der Waals surface area contributed by atoms with E-state index in [-0.39, 0.29) is 5.75 Å². The van der Waals surface area contributed by atoms with Crippen LogP contribution in [0.4, 0.5) is 18.9 Å². The van der Waals surface area contributed by atoms with Gasteiger partial charge in [-0.1, -0.05) is 6.07 Å². The van der Waals surface area contributed by atoms with Gasteiger partial charge < -0.3 is 10.1 Å². The second-order valence-corrected chi connectivity index (χ2v) is 2.86. The van der Waals surface area contributed by atoms with Crippen LogP contribution < -0.4 is 10.1 Å². The fraction of sp³-hybridized carbons (Fsp3) is 0.400. The summed E-state index contributed by atoms with van der Waals surface area (Å²) in [6.07, 6.45) is -4.32. The molecule has 0 aromatic heterocycles. The highest BCUT2D eigenvalue weighted by molar-refractivity contribution is 5.46. The van der Waals surface area contributed by atoms with E-state index in [1.165, 1.54) is 6.07 Å². The van der Waals surface area contributed by atoms with Crippen molar-refractivity contribution in [2.75, 3.05) is 18.5 Å². The van der Waals surface area contributed by atoms with Crippen LogP contribution in [0, 0.1) is 6.07 Å². The molecule has 1 rings (SSSR count). The van der Waals surface area contributed by atoms with Gasteiger partial charge in [-0.25, -0.2) is 0 Å². The van der Waals surface area contributed by atoms with Gasteiger partial charge in [-0.05, 0) is 19.1 Å². The van der Waals surface area contributed by atoms with Gasteiger partial charge in [0.1, 0.15) is 5.75 Å². The molecule has 0 amide bonds. The van der Waals surface area contributed by atoms with Gasteiger partial charge in [0.25, 0.3) is 0 Å². The van der Waals surface area contributed by atoms with Crippen LogP contribution in [0.15, 0.2) is 18.2 Å². The molecule has 5 heteroatoms. The Kier molecular flexibility index (Phi) is 3.82. The molecule has 1 aromatic rings. The van der Waals surface area contributed by atoms with Gasteiger partial charge in [0.2, 0.25) is 0 Å². The second kappa shape index (κ2) is 4.91. The predicted molar refractivity (Wildman–Crippen MR) is 51.0 cm³/mol. The van der Waals surface area contributed by atoms with Gasteiger partial charge in [-0.2, -0.15) is 13.2 Å². The summed E-state index contributed by atoms with van der Waals surface area (Å²) >= 11 is 0. The fourth-order valence-electron chi connectivity index (χ4n) is 0.985. The first-order valence-electron chi connectivity index (χ1n) is 4.47.